The molecule has 12 heteroatoms. The van der Waals surface area contributed by atoms with Gasteiger partial charge in [-0.3, -0.25) is 14.6 Å². The van der Waals surface area contributed by atoms with Crippen molar-refractivity contribution in [1.29, 1.82) is 0 Å². The van der Waals surface area contributed by atoms with Crippen LogP contribution in [-0.2, 0) is 16.0 Å². The Morgan fingerprint density at radius 1 is 1.12 bits per heavy atom. The molecule has 3 aromatic rings. The van der Waals surface area contributed by atoms with Gasteiger partial charge in [-0.25, -0.2) is 4.79 Å². The molecule has 0 atom stereocenters. The van der Waals surface area contributed by atoms with Crippen LogP contribution in [0.1, 0.15) is 16.1 Å². The number of aliphatic hydroxyl groups is 1. The first-order valence-electron chi connectivity index (χ1n) is 9.86. The van der Waals surface area contributed by atoms with Crippen molar-refractivity contribution >= 4 is 23.5 Å². The van der Waals surface area contributed by atoms with E-state index in [1.807, 2.05) is 30.3 Å². The number of aliphatic carboxylic acids is 1. The van der Waals surface area contributed by atoms with Crippen LogP contribution in [0.15, 0.2) is 48.7 Å². The lowest BCUT2D eigenvalue weighted by atomic mass is 10.1. The van der Waals surface area contributed by atoms with E-state index in [9.17, 15) is 22.8 Å². The third-order valence-electron chi connectivity index (χ3n) is 4.70. The summed E-state index contributed by atoms with van der Waals surface area (Å²) < 4.78 is 31.7. The second-order valence-corrected chi connectivity index (χ2v) is 7.10. The summed E-state index contributed by atoms with van der Waals surface area (Å²) in [6.07, 6.45) is -2.59. The molecule has 0 saturated heterocycles. The number of anilines is 1. The number of H-pyrrole nitrogens is 1. The number of nitrogens with zero attached hydrogens (tertiary/aromatic N) is 1. The monoisotopic (exact) mass is 476 g/mol. The van der Waals surface area contributed by atoms with Crippen LogP contribution < -0.4 is 10.6 Å². The maximum Gasteiger partial charge on any atom is 0.490 e. The van der Waals surface area contributed by atoms with Crippen molar-refractivity contribution in [2.24, 2.45) is 0 Å². The summed E-state index contributed by atoms with van der Waals surface area (Å²) >= 11 is 0. The van der Waals surface area contributed by atoms with Crippen molar-refractivity contribution in [2.45, 2.75) is 12.6 Å². The van der Waals surface area contributed by atoms with Crippen molar-refractivity contribution in [3.8, 4) is 22.5 Å². The highest BCUT2D eigenvalue weighted by molar-refractivity contribution is 5.98. The number of fused-ring (bicyclic) bond motifs is 1. The number of nitrogens with one attached hydrogen (secondary N) is 3. The summed E-state index contributed by atoms with van der Waals surface area (Å²) in [5.41, 5.74) is 5.58. The molecule has 0 bridgehead atoms. The third-order valence-corrected chi connectivity index (χ3v) is 4.70. The van der Waals surface area contributed by atoms with Crippen LogP contribution in [0.2, 0.25) is 0 Å². The zero-order valence-electron chi connectivity index (χ0n) is 17.4. The van der Waals surface area contributed by atoms with E-state index in [4.69, 9.17) is 15.0 Å². The number of amides is 2. The largest absolute Gasteiger partial charge is 0.490 e. The molecule has 0 spiro atoms. The molecular formula is C22H19F3N4O5. The van der Waals surface area contributed by atoms with Crippen LogP contribution in [0.3, 0.4) is 0 Å². The van der Waals surface area contributed by atoms with E-state index in [-0.39, 0.29) is 5.91 Å². The van der Waals surface area contributed by atoms with E-state index in [0.29, 0.717) is 17.8 Å². The fourth-order valence-corrected chi connectivity index (χ4v) is 3.16. The summed E-state index contributed by atoms with van der Waals surface area (Å²) in [4.78, 5) is 40.0. The zero-order valence-corrected chi connectivity index (χ0v) is 17.4. The number of carbonyl (C=O) groups excluding carboxylic acids is 2. The highest BCUT2D eigenvalue weighted by Gasteiger charge is 2.38. The minimum Gasteiger partial charge on any atom is -0.475 e. The first kappa shape index (κ1) is 24.5. The van der Waals surface area contributed by atoms with Crippen LogP contribution in [0, 0.1) is 0 Å². The molecule has 5 N–H and O–H groups in total. The molecule has 178 valence electrons. The van der Waals surface area contributed by atoms with Crippen molar-refractivity contribution in [2.75, 3.05) is 18.5 Å². The summed E-state index contributed by atoms with van der Waals surface area (Å²) in [7, 11) is 0. The van der Waals surface area contributed by atoms with Crippen LogP contribution in [0.25, 0.3) is 22.5 Å². The molecule has 0 aliphatic carbocycles. The minimum atomic E-state index is -5.08. The molecule has 1 aliphatic rings. The van der Waals surface area contributed by atoms with Gasteiger partial charge in [-0.15, -0.1) is 0 Å². The molecular weight excluding hydrogens is 457 g/mol. The average Bonchev–Trinajstić information content (AvgIpc) is 3.25. The molecule has 0 unspecified atom stereocenters. The average molecular weight is 476 g/mol. The molecule has 1 aromatic carbocycles. The van der Waals surface area contributed by atoms with Crippen LogP contribution in [-0.4, -0.2) is 57.3 Å². The van der Waals surface area contributed by atoms with E-state index in [0.717, 1.165) is 34.6 Å². The number of aromatic amines is 1. The number of hydrogen-bond acceptors (Lipinski definition) is 5. The van der Waals surface area contributed by atoms with Gasteiger partial charge in [0.2, 0.25) is 5.91 Å². The molecule has 3 heterocycles. The van der Waals surface area contributed by atoms with Gasteiger partial charge in [-0.2, -0.15) is 13.2 Å². The Kier molecular flexibility index (Phi) is 7.31. The Labute approximate surface area is 190 Å². The number of aliphatic hydroxyl groups excluding tert-OH is 1. The van der Waals surface area contributed by atoms with Gasteiger partial charge in [0.25, 0.3) is 5.91 Å². The van der Waals surface area contributed by atoms with E-state index in [1.165, 1.54) is 0 Å². The van der Waals surface area contributed by atoms with Gasteiger partial charge in [0.15, 0.2) is 0 Å². The molecule has 0 radical (unpaired) electrons. The predicted octanol–water partition coefficient (Wildman–Crippen LogP) is 2.59. The number of carbonyl (C=O) groups is 3. The Bertz CT molecular complexity index is 1220. The number of pyridine rings is 1. The number of rotatable bonds is 4. The van der Waals surface area contributed by atoms with E-state index < -0.39 is 24.7 Å². The van der Waals surface area contributed by atoms with Crippen LogP contribution in [0.4, 0.5) is 18.9 Å². The second-order valence-electron chi connectivity index (χ2n) is 7.10. The molecule has 4 rings (SSSR count). The van der Waals surface area contributed by atoms with Gasteiger partial charge >= 0.3 is 12.1 Å². The number of carboxylic acid groups (broad SMARTS) is 1. The van der Waals surface area contributed by atoms with Crippen molar-refractivity contribution < 1.29 is 37.8 Å². The number of benzene rings is 1. The molecule has 2 aromatic heterocycles. The zero-order chi connectivity index (χ0) is 24.9. The minimum absolute atomic E-state index is 0.0552. The van der Waals surface area contributed by atoms with Gasteiger partial charge in [0, 0.05) is 47.4 Å². The van der Waals surface area contributed by atoms with Gasteiger partial charge in [0.1, 0.15) is 6.61 Å². The van der Waals surface area contributed by atoms with Crippen molar-refractivity contribution in [1.82, 2.24) is 15.3 Å². The fraction of sp³-hybridized carbons (Fsp3) is 0.182. The third kappa shape index (κ3) is 5.98. The first-order chi connectivity index (χ1) is 16.1. The summed E-state index contributed by atoms with van der Waals surface area (Å²) in [5.74, 6) is -3.28. The van der Waals surface area contributed by atoms with Gasteiger partial charge < -0.3 is 25.8 Å². The lowest BCUT2D eigenvalue weighted by Crippen LogP contribution is -2.31. The van der Waals surface area contributed by atoms with E-state index >= 15 is 0 Å². The summed E-state index contributed by atoms with van der Waals surface area (Å²) in [6, 6.07) is 12.9. The molecule has 9 nitrogen and oxygen atoms in total. The first-order valence-corrected chi connectivity index (χ1v) is 9.86. The molecule has 34 heavy (non-hydrogen) atoms. The molecule has 0 fully saturated rings. The van der Waals surface area contributed by atoms with E-state index in [2.05, 4.69) is 20.6 Å². The maximum absolute atomic E-state index is 12.0. The SMILES string of the molecule is O=C(CO)Nc1cccc(-c2cc(-c3cc4c([nH]3)CCNC4=O)ccn2)c1.O=C(O)C(F)(F)F. The lowest BCUT2D eigenvalue weighted by Gasteiger charge is -2.11. The fourth-order valence-electron chi connectivity index (χ4n) is 3.16. The number of aromatic nitrogens is 2. The lowest BCUT2D eigenvalue weighted by molar-refractivity contribution is -0.192. The van der Waals surface area contributed by atoms with E-state index in [1.54, 1.807) is 18.3 Å². The highest BCUT2D eigenvalue weighted by Crippen LogP contribution is 2.28. The maximum atomic E-state index is 12.0. The summed E-state index contributed by atoms with van der Waals surface area (Å²) in [5, 5.41) is 21.5. The molecule has 2 amide bonds. The molecule has 0 saturated carbocycles. The number of alkyl halides is 3. The number of hydrogen-bond donors (Lipinski definition) is 5. The quantitative estimate of drug-likeness (QED) is 0.392. The summed E-state index contributed by atoms with van der Waals surface area (Å²) in [6.45, 7) is 0.0722. The predicted molar refractivity (Wildman–Crippen MR) is 115 cm³/mol. The smallest absolute Gasteiger partial charge is 0.475 e. The Morgan fingerprint density at radius 3 is 2.50 bits per heavy atom. The van der Waals surface area contributed by atoms with Gasteiger partial charge in [0.05, 0.1) is 11.3 Å². The van der Waals surface area contributed by atoms with Gasteiger partial charge in [-0.1, -0.05) is 12.1 Å². The van der Waals surface area contributed by atoms with Gasteiger partial charge in [-0.05, 0) is 30.3 Å². The second kappa shape index (κ2) is 10.2. The highest BCUT2D eigenvalue weighted by atomic mass is 19.4. The molecule has 1 aliphatic heterocycles. The number of halogens is 3. The Hall–Kier alpha value is -4.19. The van der Waals surface area contributed by atoms with Crippen molar-refractivity contribution in [3.05, 3.63) is 59.9 Å². The van der Waals surface area contributed by atoms with Crippen LogP contribution >= 0.6 is 0 Å². The Balaban J connectivity index is 0.000000406. The Morgan fingerprint density at radius 2 is 1.85 bits per heavy atom. The normalized spacial score (nSPS) is 12.6. The van der Waals surface area contributed by atoms with Crippen molar-refractivity contribution in [3.63, 3.8) is 0 Å². The standard InChI is InChI=1S/C20H18N4O3.C2HF3O2/c25-11-19(26)23-14-3-1-2-12(8-14)17-9-13(4-6-21-17)18-10-15-16(24-18)5-7-22-20(15)27;3-2(4,5)1(6)7/h1-4,6,8-10,24-25H,5,7,11H2,(H,22,27)(H,23,26);(H,6,7). The topological polar surface area (TPSA) is 144 Å². The number of carboxylic acids is 1. The van der Waals surface area contributed by atoms with Crippen LogP contribution in [0.5, 0.6) is 0 Å².